The maximum Gasteiger partial charge on any atom is 0.147 e. The fourth-order valence-electron chi connectivity index (χ4n) is 4.73. The third-order valence-electron chi connectivity index (χ3n) is 6.88. The first kappa shape index (κ1) is 29.2. The van der Waals surface area contributed by atoms with E-state index in [4.69, 9.17) is 35.3 Å². The first-order valence-electron chi connectivity index (χ1n) is 13.1. The molecule has 2 aliphatic rings. The van der Waals surface area contributed by atoms with Gasteiger partial charge in [0, 0.05) is 18.1 Å². The molecule has 0 radical (unpaired) electrons. The summed E-state index contributed by atoms with van der Waals surface area (Å²) in [4.78, 5) is 2.22. The molecular formula is C28H38ClNO8. The number of nitrogens with zero attached hydrogens (tertiary/aromatic N) is 1. The van der Waals surface area contributed by atoms with Gasteiger partial charge in [-0.05, 0) is 48.2 Å². The summed E-state index contributed by atoms with van der Waals surface area (Å²) in [6, 6.07) is 13.1. The van der Waals surface area contributed by atoms with Gasteiger partial charge in [-0.25, -0.2) is 0 Å². The molecule has 38 heavy (non-hydrogen) atoms. The molecule has 2 aliphatic heterocycles. The van der Waals surface area contributed by atoms with E-state index in [-0.39, 0.29) is 19.4 Å². The van der Waals surface area contributed by atoms with Gasteiger partial charge in [0.1, 0.15) is 37.0 Å². The van der Waals surface area contributed by atoms with Gasteiger partial charge in [0.2, 0.25) is 0 Å². The molecule has 3 N–H and O–H groups in total. The molecule has 0 aliphatic carbocycles. The summed E-state index contributed by atoms with van der Waals surface area (Å²) in [7, 11) is 0. The van der Waals surface area contributed by atoms with Crippen LogP contribution >= 0.6 is 11.6 Å². The van der Waals surface area contributed by atoms with Crippen LogP contribution in [0.1, 0.15) is 29.7 Å². The lowest BCUT2D eigenvalue weighted by molar-refractivity contribution is -0.183. The van der Waals surface area contributed by atoms with Gasteiger partial charge in [-0.1, -0.05) is 35.9 Å². The summed E-state index contributed by atoms with van der Waals surface area (Å²) in [6.45, 7) is 5.75. The van der Waals surface area contributed by atoms with E-state index in [9.17, 15) is 15.3 Å². The summed E-state index contributed by atoms with van der Waals surface area (Å²) < 4.78 is 28.5. The zero-order chi connectivity index (χ0) is 26.9. The lowest BCUT2D eigenvalue weighted by atomic mass is 9.94. The van der Waals surface area contributed by atoms with Crippen LogP contribution in [0.15, 0.2) is 42.5 Å². The lowest BCUT2D eigenvalue weighted by Crippen LogP contribution is -2.49. The molecule has 10 heteroatoms. The van der Waals surface area contributed by atoms with Gasteiger partial charge >= 0.3 is 0 Å². The summed E-state index contributed by atoms with van der Waals surface area (Å²) >= 11 is 6.52. The van der Waals surface area contributed by atoms with Crippen LogP contribution in [0.3, 0.4) is 0 Å². The van der Waals surface area contributed by atoms with Crippen LogP contribution in [-0.2, 0) is 25.4 Å². The van der Waals surface area contributed by atoms with Crippen molar-refractivity contribution in [2.24, 2.45) is 0 Å². The standard InChI is InChI=1S/C28H38ClNO8/c1-2-37-23-6-3-19(4-7-23)13-21-14-20(5-8-24(21)29)28-27(33)26(32)25(31)17-35-15-22(16-36-18-38-28)30-9-11-34-12-10-30/h3-8,14,22,25-28,31-33H,2,9-13,15-18H2,1H3. The monoisotopic (exact) mass is 551 g/mol. The molecule has 0 saturated carbocycles. The van der Waals surface area contributed by atoms with Crippen LogP contribution in [-0.4, -0.2) is 104 Å². The van der Waals surface area contributed by atoms with Crippen molar-refractivity contribution in [3.63, 3.8) is 0 Å². The Kier molecular flexibility index (Phi) is 11.2. The van der Waals surface area contributed by atoms with Crippen molar-refractivity contribution in [3.05, 3.63) is 64.2 Å². The number of hydrogen-bond donors (Lipinski definition) is 3. The molecule has 2 fully saturated rings. The van der Waals surface area contributed by atoms with E-state index in [1.165, 1.54) is 0 Å². The number of morpholine rings is 1. The zero-order valence-corrected chi connectivity index (χ0v) is 22.5. The number of benzene rings is 2. The number of halogens is 1. The topological polar surface area (TPSA) is 110 Å². The summed E-state index contributed by atoms with van der Waals surface area (Å²) in [5.74, 6) is 0.799. The van der Waals surface area contributed by atoms with Gasteiger partial charge < -0.3 is 39.0 Å². The van der Waals surface area contributed by atoms with E-state index in [0.717, 1.165) is 30.0 Å². The van der Waals surface area contributed by atoms with E-state index in [1.54, 1.807) is 12.1 Å². The Bertz CT molecular complexity index is 987. The Hall–Kier alpha value is -1.79. The van der Waals surface area contributed by atoms with Crippen LogP contribution < -0.4 is 4.74 Å². The van der Waals surface area contributed by atoms with E-state index < -0.39 is 24.4 Å². The molecule has 0 spiro atoms. The predicted molar refractivity (Wildman–Crippen MR) is 142 cm³/mol. The highest BCUT2D eigenvalue weighted by Gasteiger charge is 2.34. The molecule has 2 aromatic rings. The van der Waals surface area contributed by atoms with Crippen molar-refractivity contribution in [2.45, 2.75) is 43.8 Å². The number of ether oxygens (including phenoxy) is 5. The SMILES string of the molecule is CCOc1ccc(Cc2cc(C3OCOCC(N4CCOCC4)COCC(O)C(O)C3O)ccc2Cl)cc1. The van der Waals surface area contributed by atoms with E-state index in [0.29, 0.717) is 50.0 Å². The Balaban J connectivity index is 1.50. The second-order valence-electron chi connectivity index (χ2n) is 9.57. The summed E-state index contributed by atoms with van der Waals surface area (Å²) in [5.41, 5.74) is 2.49. The highest BCUT2D eigenvalue weighted by molar-refractivity contribution is 6.31. The Labute approximate surface area is 228 Å². The third-order valence-corrected chi connectivity index (χ3v) is 7.25. The average Bonchev–Trinajstić information content (AvgIpc) is 2.93. The van der Waals surface area contributed by atoms with Crippen LogP contribution in [0.5, 0.6) is 5.75 Å². The molecule has 2 saturated heterocycles. The van der Waals surface area contributed by atoms with Crippen molar-refractivity contribution in [1.82, 2.24) is 4.90 Å². The molecule has 2 aromatic carbocycles. The molecular weight excluding hydrogens is 514 g/mol. The van der Waals surface area contributed by atoms with Gasteiger partial charge in [0.15, 0.2) is 0 Å². The minimum absolute atomic E-state index is 0.0501. The van der Waals surface area contributed by atoms with Crippen molar-refractivity contribution in [3.8, 4) is 5.75 Å². The second-order valence-corrected chi connectivity index (χ2v) is 9.98. The van der Waals surface area contributed by atoms with Gasteiger partial charge in [-0.15, -0.1) is 0 Å². The maximum absolute atomic E-state index is 11.0. The highest BCUT2D eigenvalue weighted by Crippen LogP contribution is 2.30. The van der Waals surface area contributed by atoms with E-state index >= 15 is 0 Å². The molecule has 5 unspecified atom stereocenters. The molecule has 210 valence electrons. The lowest BCUT2D eigenvalue weighted by Gasteiger charge is -2.35. The van der Waals surface area contributed by atoms with Crippen molar-refractivity contribution < 1.29 is 39.0 Å². The second kappa shape index (κ2) is 14.6. The van der Waals surface area contributed by atoms with Crippen LogP contribution in [0.2, 0.25) is 5.02 Å². The predicted octanol–water partition coefficient (Wildman–Crippen LogP) is 2.18. The normalized spacial score (nSPS) is 28.3. The number of rotatable bonds is 6. The molecule has 5 atom stereocenters. The van der Waals surface area contributed by atoms with E-state index in [2.05, 4.69) is 4.90 Å². The van der Waals surface area contributed by atoms with Crippen LogP contribution in [0, 0.1) is 0 Å². The van der Waals surface area contributed by atoms with Crippen molar-refractivity contribution in [1.29, 1.82) is 0 Å². The third kappa shape index (κ3) is 7.88. The van der Waals surface area contributed by atoms with Gasteiger partial charge in [0.25, 0.3) is 0 Å². The van der Waals surface area contributed by atoms with Crippen LogP contribution in [0.4, 0.5) is 0 Å². The summed E-state index contributed by atoms with van der Waals surface area (Å²) in [5, 5.41) is 32.9. The first-order valence-corrected chi connectivity index (χ1v) is 13.5. The minimum Gasteiger partial charge on any atom is -0.494 e. The largest absolute Gasteiger partial charge is 0.494 e. The Morgan fingerprint density at radius 2 is 1.66 bits per heavy atom. The molecule has 0 bridgehead atoms. The number of hydrogen-bond acceptors (Lipinski definition) is 9. The quantitative estimate of drug-likeness (QED) is 0.497. The Morgan fingerprint density at radius 1 is 0.921 bits per heavy atom. The maximum atomic E-state index is 11.0. The smallest absolute Gasteiger partial charge is 0.147 e. The fourth-order valence-corrected chi connectivity index (χ4v) is 4.91. The minimum atomic E-state index is -1.49. The van der Waals surface area contributed by atoms with Crippen molar-refractivity contribution in [2.75, 3.05) is 59.5 Å². The first-order chi connectivity index (χ1) is 18.5. The van der Waals surface area contributed by atoms with Crippen LogP contribution in [0.25, 0.3) is 0 Å². The zero-order valence-electron chi connectivity index (χ0n) is 21.7. The molecule has 0 aromatic heterocycles. The Morgan fingerprint density at radius 3 is 2.39 bits per heavy atom. The molecule has 9 nitrogen and oxygen atoms in total. The fraction of sp³-hybridized carbons (Fsp3) is 0.571. The van der Waals surface area contributed by atoms with Gasteiger partial charge in [-0.3, -0.25) is 4.90 Å². The highest BCUT2D eigenvalue weighted by atomic mass is 35.5. The van der Waals surface area contributed by atoms with Crippen molar-refractivity contribution >= 4 is 11.6 Å². The number of aliphatic hydroxyl groups is 3. The molecule has 2 heterocycles. The summed E-state index contributed by atoms with van der Waals surface area (Å²) in [6.07, 6.45) is -4.62. The van der Waals surface area contributed by atoms with E-state index in [1.807, 2.05) is 37.3 Å². The average molecular weight is 552 g/mol. The molecule has 0 amide bonds. The van der Waals surface area contributed by atoms with Gasteiger partial charge in [0.05, 0.1) is 45.7 Å². The number of aliphatic hydroxyl groups excluding tert-OH is 3. The van der Waals surface area contributed by atoms with Gasteiger partial charge in [-0.2, -0.15) is 0 Å². The molecule has 4 rings (SSSR count).